The predicted octanol–water partition coefficient (Wildman–Crippen LogP) is 3.80. The zero-order valence-corrected chi connectivity index (χ0v) is 13.6. The third kappa shape index (κ3) is 3.82. The van der Waals surface area contributed by atoms with Crippen molar-refractivity contribution in [3.63, 3.8) is 0 Å². The fourth-order valence-corrected chi connectivity index (χ4v) is 2.75. The number of thiophene rings is 1. The summed E-state index contributed by atoms with van der Waals surface area (Å²) in [5, 5.41) is 10.1. The van der Waals surface area contributed by atoms with Crippen LogP contribution in [0.2, 0.25) is 0 Å². The second-order valence-corrected chi connectivity index (χ2v) is 6.10. The van der Waals surface area contributed by atoms with Crippen LogP contribution in [-0.4, -0.2) is 17.9 Å². The van der Waals surface area contributed by atoms with E-state index in [1.54, 1.807) is 17.4 Å². The number of hydrogen-bond donors (Lipinski definition) is 2. The van der Waals surface area contributed by atoms with E-state index in [0.29, 0.717) is 5.56 Å². The Bertz CT molecular complexity index is 608. The molecule has 0 radical (unpaired) electrons. The summed E-state index contributed by atoms with van der Waals surface area (Å²) in [4.78, 5) is 16.9. The van der Waals surface area contributed by atoms with E-state index in [-0.39, 0.29) is 17.9 Å². The first-order valence-corrected chi connectivity index (χ1v) is 7.98. The van der Waals surface area contributed by atoms with Crippen molar-refractivity contribution in [3.05, 3.63) is 45.8 Å². The molecule has 0 fully saturated rings. The molecule has 0 aliphatic heterocycles. The number of hydrogen-bond acceptors (Lipinski definition) is 4. The van der Waals surface area contributed by atoms with Crippen molar-refractivity contribution in [1.29, 1.82) is 0 Å². The normalized spacial score (nSPS) is 12.2. The topological polar surface area (TPSA) is 54.0 Å². The summed E-state index contributed by atoms with van der Waals surface area (Å²) in [7, 11) is 1.81. The van der Waals surface area contributed by atoms with Gasteiger partial charge in [-0.25, -0.2) is 4.98 Å². The smallest absolute Gasteiger partial charge is 0.251 e. The number of carbonyl (C=O) groups is 1. The SMILES string of the molecule is CNc1cc(C(=O)NC(C)c2ccsc2)cc(C(C)C)n1. The van der Waals surface area contributed by atoms with Gasteiger partial charge in [-0.3, -0.25) is 4.79 Å². The number of nitrogens with one attached hydrogen (secondary N) is 2. The van der Waals surface area contributed by atoms with Gasteiger partial charge in [-0.05, 0) is 47.4 Å². The van der Waals surface area contributed by atoms with Gasteiger partial charge in [-0.15, -0.1) is 0 Å². The molecule has 2 aromatic rings. The van der Waals surface area contributed by atoms with Crippen LogP contribution in [0.3, 0.4) is 0 Å². The Morgan fingerprint density at radius 3 is 2.62 bits per heavy atom. The van der Waals surface area contributed by atoms with Crippen LogP contribution in [0.4, 0.5) is 5.82 Å². The van der Waals surface area contributed by atoms with E-state index in [1.165, 1.54) is 0 Å². The Hall–Kier alpha value is -1.88. The van der Waals surface area contributed by atoms with Crippen LogP contribution in [0.1, 0.15) is 54.3 Å². The maximum Gasteiger partial charge on any atom is 0.251 e. The van der Waals surface area contributed by atoms with E-state index < -0.39 is 0 Å². The summed E-state index contributed by atoms with van der Waals surface area (Å²) < 4.78 is 0. The molecule has 0 aliphatic carbocycles. The minimum atomic E-state index is -0.0745. The van der Waals surface area contributed by atoms with Crippen LogP contribution in [0.15, 0.2) is 29.0 Å². The number of pyridine rings is 1. The molecule has 0 aliphatic rings. The van der Waals surface area contributed by atoms with Crippen molar-refractivity contribution in [1.82, 2.24) is 10.3 Å². The lowest BCUT2D eigenvalue weighted by atomic mass is 10.1. The van der Waals surface area contributed by atoms with Gasteiger partial charge < -0.3 is 10.6 Å². The Balaban J connectivity index is 2.20. The summed E-state index contributed by atoms with van der Waals surface area (Å²) in [6.07, 6.45) is 0. The van der Waals surface area contributed by atoms with Crippen molar-refractivity contribution in [2.75, 3.05) is 12.4 Å². The number of rotatable bonds is 5. The molecule has 0 bridgehead atoms. The zero-order chi connectivity index (χ0) is 15.4. The molecule has 2 aromatic heterocycles. The highest BCUT2D eigenvalue weighted by Crippen LogP contribution is 2.19. The van der Waals surface area contributed by atoms with Crippen LogP contribution in [-0.2, 0) is 0 Å². The summed E-state index contributed by atoms with van der Waals surface area (Å²) in [5.41, 5.74) is 2.68. The van der Waals surface area contributed by atoms with Crippen molar-refractivity contribution >= 4 is 23.1 Å². The number of carbonyl (C=O) groups excluding carboxylic acids is 1. The number of amides is 1. The first kappa shape index (κ1) is 15.5. The van der Waals surface area contributed by atoms with Crippen LogP contribution < -0.4 is 10.6 Å². The zero-order valence-electron chi connectivity index (χ0n) is 12.8. The highest BCUT2D eigenvalue weighted by Gasteiger charge is 2.14. The maximum absolute atomic E-state index is 12.4. The summed E-state index contributed by atoms with van der Waals surface area (Å²) in [6.45, 7) is 6.12. The van der Waals surface area contributed by atoms with Gasteiger partial charge in [-0.1, -0.05) is 13.8 Å². The fraction of sp³-hybridized carbons (Fsp3) is 0.375. The highest BCUT2D eigenvalue weighted by atomic mass is 32.1. The second-order valence-electron chi connectivity index (χ2n) is 5.32. The predicted molar refractivity (Wildman–Crippen MR) is 88.1 cm³/mol. The molecule has 0 aromatic carbocycles. The van der Waals surface area contributed by atoms with Gasteiger partial charge >= 0.3 is 0 Å². The van der Waals surface area contributed by atoms with Gasteiger partial charge in [-0.2, -0.15) is 11.3 Å². The molecule has 1 atom stereocenters. The van der Waals surface area contributed by atoms with E-state index in [1.807, 2.05) is 31.5 Å². The average Bonchev–Trinajstić information content (AvgIpc) is 3.00. The molecule has 2 heterocycles. The van der Waals surface area contributed by atoms with Gasteiger partial charge in [0, 0.05) is 18.3 Å². The van der Waals surface area contributed by atoms with E-state index >= 15 is 0 Å². The number of anilines is 1. The lowest BCUT2D eigenvalue weighted by Gasteiger charge is -2.15. The molecule has 21 heavy (non-hydrogen) atoms. The first-order valence-electron chi connectivity index (χ1n) is 7.04. The van der Waals surface area contributed by atoms with Gasteiger partial charge in [0.15, 0.2) is 0 Å². The monoisotopic (exact) mass is 303 g/mol. The van der Waals surface area contributed by atoms with E-state index in [9.17, 15) is 4.79 Å². The second kappa shape index (κ2) is 6.72. The first-order chi connectivity index (χ1) is 10.0. The standard InChI is InChI=1S/C16H21N3OS/c1-10(2)14-7-13(8-15(17-4)19-14)16(20)18-11(3)12-5-6-21-9-12/h5-11H,1-4H3,(H,17,19)(H,18,20). The molecule has 1 unspecified atom stereocenters. The van der Waals surface area contributed by atoms with Gasteiger partial charge in [0.25, 0.3) is 5.91 Å². The van der Waals surface area contributed by atoms with Crippen molar-refractivity contribution in [2.24, 2.45) is 0 Å². The van der Waals surface area contributed by atoms with Crippen molar-refractivity contribution in [2.45, 2.75) is 32.7 Å². The van der Waals surface area contributed by atoms with E-state index in [0.717, 1.165) is 17.1 Å². The summed E-state index contributed by atoms with van der Waals surface area (Å²) in [6, 6.07) is 5.67. The Morgan fingerprint density at radius 2 is 2.05 bits per heavy atom. The molecule has 0 spiro atoms. The van der Waals surface area contributed by atoms with Crippen molar-refractivity contribution < 1.29 is 4.79 Å². The molecule has 0 saturated heterocycles. The molecule has 112 valence electrons. The van der Waals surface area contributed by atoms with E-state index in [2.05, 4.69) is 34.8 Å². The minimum Gasteiger partial charge on any atom is -0.373 e. The fourth-order valence-electron chi connectivity index (χ4n) is 1.99. The van der Waals surface area contributed by atoms with Crippen LogP contribution >= 0.6 is 11.3 Å². The summed E-state index contributed by atoms with van der Waals surface area (Å²) >= 11 is 1.63. The number of nitrogens with zero attached hydrogens (tertiary/aromatic N) is 1. The molecule has 4 nitrogen and oxygen atoms in total. The van der Waals surface area contributed by atoms with Gasteiger partial charge in [0.05, 0.1) is 6.04 Å². The molecule has 0 saturated carbocycles. The van der Waals surface area contributed by atoms with Crippen molar-refractivity contribution in [3.8, 4) is 0 Å². The third-order valence-corrected chi connectivity index (χ3v) is 4.05. The largest absolute Gasteiger partial charge is 0.373 e. The molecule has 5 heteroatoms. The average molecular weight is 303 g/mol. The molecular formula is C16H21N3OS. The maximum atomic E-state index is 12.4. The van der Waals surface area contributed by atoms with E-state index in [4.69, 9.17) is 0 Å². The lowest BCUT2D eigenvalue weighted by molar-refractivity contribution is 0.0940. The van der Waals surface area contributed by atoms with Gasteiger partial charge in [0.2, 0.25) is 0 Å². The van der Waals surface area contributed by atoms with Crippen LogP contribution in [0.5, 0.6) is 0 Å². The highest BCUT2D eigenvalue weighted by molar-refractivity contribution is 7.07. The Labute approximate surface area is 129 Å². The Kier molecular flexibility index (Phi) is 4.96. The quantitative estimate of drug-likeness (QED) is 0.883. The molecular weight excluding hydrogens is 282 g/mol. The minimum absolute atomic E-state index is 0.00236. The van der Waals surface area contributed by atoms with Crippen LogP contribution in [0.25, 0.3) is 0 Å². The van der Waals surface area contributed by atoms with Crippen LogP contribution in [0, 0.1) is 0 Å². The molecule has 2 N–H and O–H groups in total. The molecule has 1 amide bonds. The summed E-state index contributed by atoms with van der Waals surface area (Å²) in [5.74, 6) is 0.920. The lowest BCUT2D eigenvalue weighted by Crippen LogP contribution is -2.26. The third-order valence-electron chi connectivity index (χ3n) is 3.35. The number of aromatic nitrogens is 1. The Morgan fingerprint density at radius 1 is 1.29 bits per heavy atom. The molecule has 2 rings (SSSR count). The van der Waals surface area contributed by atoms with Gasteiger partial charge in [0.1, 0.15) is 5.82 Å².